The van der Waals surface area contributed by atoms with E-state index in [1.807, 2.05) is 31.2 Å². The molecule has 0 amide bonds. The maximum Gasteiger partial charge on any atom is 0.177 e. The standard InChI is InChI=1S/C13H13FN2OS/c1-3-11-12(14)13(16-8-15-11)18-10-6-4-5-9(7-10)17-2/h4-8H,3H2,1-2H3. The van der Waals surface area contributed by atoms with Gasteiger partial charge < -0.3 is 4.74 Å². The smallest absolute Gasteiger partial charge is 0.177 e. The van der Waals surface area contributed by atoms with E-state index in [1.54, 1.807) is 7.11 Å². The highest BCUT2D eigenvalue weighted by atomic mass is 32.2. The van der Waals surface area contributed by atoms with Gasteiger partial charge in [0.25, 0.3) is 0 Å². The molecule has 0 unspecified atom stereocenters. The van der Waals surface area contributed by atoms with Gasteiger partial charge in [0.15, 0.2) is 5.82 Å². The van der Waals surface area contributed by atoms with Gasteiger partial charge in [0.1, 0.15) is 17.1 Å². The lowest BCUT2D eigenvalue weighted by atomic mass is 10.3. The third kappa shape index (κ3) is 2.79. The summed E-state index contributed by atoms with van der Waals surface area (Å²) < 4.78 is 19.1. The van der Waals surface area contributed by atoms with Crippen molar-refractivity contribution in [1.82, 2.24) is 9.97 Å². The second-order valence-corrected chi connectivity index (χ2v) is 4.64. The Morgan fingerprint density at radius 1 is 1.33 bits per heavy atom. The first-order valence-electron chi connectivity index (χ1n) is 5.56. The Balaban J connectivity index is 2.28. The second-order valence-electron chi connectivity index (χ2n) is 3.57. The van der Waals surface area contributed by atoms with Crippen molar-refractivity contribution in [3.05, 3.63) is 42.1 Å². The van der Waals surface area contributed by atoms with Crippen LogP contribution in [0.4, 0.5) is 4.39 Å². The third-order valence-electron chi connectivity index (χ3n) is 2.42. The summed E-state index contributed by atoms with van der Waals surface area (Å²) in [6.45, 7) is 1.87. The average Bonchev–Trinajstić information content (AvgIpc) is 2.41. The molecular formula is C13H13FN2OS. The predicted molar refractivity (Wildman–Crippen MR) is 68.5 cm³/mol. The van der Waals surface area contributed by atoms with Gasteiger partial charge in [0, 0.05) is 4.90 Å². The fourth-order valence-electron chi connectivity index (χ4n) is 1.48. The van der Waals surface area contributed by atoms with Crippen LogP contribution in [0.1, 0.15) is 12.6 Å². The van der Waals surface area contributed by atoms with Gasteiger partial charge in [-0.1, -0.05) is 24.8 Å². The zero-order chi connectivity index (χ0) is 13.0. The molecule has 0 aliphatic rings. The molecule has 2 aromatic rings. The minimum absolute atomic E-state index is 0.340. The van der Waals surface area contributed by atoms with Gasteiger partial charge in [-0.3, -0.25) is 0 Å². The number of nitrogens with zero attached hydrogens (tertiary/aromatic N) is 2. The number of methoxy groups -OCH3 is 1. The van der Waals surface area contributed by atoms with Crippen LogP contribution in [-0.2, 0) is 6.42 Å². The van der Waals surface area contributed by atoms with E-state index in [0.717, 1.165) is 10.6 Å². The van der Waals surface area contributed by atoms with E-state index >= 15 is 0 Å². The summed E-state index contributed by atoms with van der Waals surface area (Å²) in [6.07, 6.45) is 1.95. The monoisotopic (exact) mass is 264 g/mol. The lowest BCUT2D eigenvalue weighted by Crippen LogP contribution is -1.97. The Kier molecular flexibility index (Phi) is 4.15. The summed E-state index contributed by atoms with van der Waals surface area (Å²) in [7, 11) is 1.60. The normalized spacial score (nSPS) is 10.4. The number of hydrogen-bond acceptors (Lipinski definition) is 4. The van der Waals surface area contributed by atoms with Crippen molar-refractivity contribution >= 4 is 11.8 Å². The van der Waals surface area contributed by atoms with Crippen molar-refractivity contribution < 1.29 is 9.13 Å². The van der Waals surface area contributed by atoms with Crippen molar-refractivity contribution in [2.45, 2.75) is 23.3 Å². The largest absolute Gasteiger partial charge is 0.497 e. The third-order valence-corrected chi connectivity index (χ3v) is 3.39. The molecule has 1 aromatic carbocycles. The van der Waals surface area contributed by atoms with E-state index in [2.05, 4.69) is 9.97 Å². The molecule has 0 bridgehead atoms. The van der Waals surface area contributed by atoms with Crippen LogP contribution in [-0.4, -0.2) is 17.1 Å². The lowest BCUT2D eigenvalue weighted by molar-refractivity contribution is 0.413. The number of aromatic nitrogens is 2. The molecule has 0 aliphatic heterocycles. The first kappa shape index (κ1) is 12.8. The quantitative estimate of drug-likeness (QED) is 0.793. The molecule has 0 N–H and O–H groups in total. The maximum atomic E-state index is 14.0. The molecule has 0 aliphatic carbocycles. The molecule has 0 fully saturated rings. The number of rotatable bonds is 4. The second kappa shape index (κ2) is 5.82. The summed E-state index contributed by atoms with van der Waals surface area (Å²) in [6, 6.07) is 7.44. The van der Waals surface area contributed by atoms with Gasteiger partial charge in [-0.05, 0) is 24.6 Å². The highest BCUT2D eigenvalue weighted by Crippen LogP contribution is 2.30. The number of ether oxygens (including phenoxy) is 1. The van der Waals surface area contributed by atoms with Crippen LogP contribution < -0.4 is 4.74 Å². The Morgan fingerprint density at radius 2 is 2.17 bits per heavy atom. The zero-order valence-electron chi connectivity index (χ0n) is 10.2. The lowest BCUT2D eigenvalue weighted by Gasteiger charge is -2.06. The number of halogens is 1. The molecule has 0 atom stereocenters. The average molecular weight is 264 g/mol. The first-order valence-corrected chi connectivity index (χ1v) is 6.37. The maximum absolute atomic E-state index is 14.0. The summed E-state index contributed by atoms with van der Waals surface area (Å²) in [5.74, 6) is 0.401. The molecule has 3 nitrogen and oxygen atoms in total. The van der Waals surface area contributed by atoms with Gasteiger partial charge >= 0.3 is 0 Å². The zero-order valence-corrected chi connectivity index (χ0v) is 11.0. The molecular weight excluding hydrogens is 251 g/mol. The van der Waals surface area contributed by atoms with Crippen molar-refractivity contribution in [3.8, 4) is 5.75 Å². The van der Waals surface area contributed by atoms with Gasteiger partial charge in [-0.2, -0.15) is 0 Å². The van der Waals surface area contributed by atoms with Crippen LogP contribution in [0.5, 0.6) is 5.75 Å². The molecule has 94 valence electrons. The topological polar surface area (TPSA) is 35.0 Å². The predicted octanol–water partition coefficient (Wildman–Crippen LogP) is 3.34. The number of benzene rings is 1. The van der Waals surface area contributed by atoms with Crippen LogP contribution in [0.25, 0.3) is 0 Å². The van der Waals surface area contributed by atoms with E-state index in [0.29, 0.717) is 17.1 Å². The Bertz CT molecular complexity index is 548. The number of hydrogen-bond donors (Lipinski definition) is 0. The van der Waals surface area contributed by atoms with Crippen molar-refractivity contribution in [3.63, 3.8) is 0 Å². The summed E-state index contributed by atoms with van der Waals surface area (Å²) in [5.41, 5.74) is 0.440. The van der Waals surface area contributed by atoms with E-state index in [-0.39, 0.29) is 5.82 Å². The Labute approximate surface area is 109 Å². The van der Waals surface area contributed by atoms with Gasteiger partial charge in [0.2, 0.25) is 0 Å². The molecule has 18 heavy (non-hydrogen) atoms. The van der Waals surface area contributed by atoms with Gasteiger partial charge in [-0.25, -0.2) is 14.4 Å². The molecule has 0 saturated carbocycles. The van der Waals surface area contributed by atoms with Crippen LogP contribution in [0, 0.1) is 5.82 Å². The molecule has 0 spiro atoms. The minimum atomic E-state index is -0.340. The Hall–Kier alpha value is -1.62. The minimum Gasteiger partial charge on any atom is -0.497 e. The van der Waals surface area contributed by atoms with Crippen molar-refractivity contribution in [1.29, 1.82) is 0 Å². The highest BCUT2D eigenvalue weighted by molar-refractivity contribution is 7.99. The van der Waals surface area contributed by atoms with E-state index in [9.17, 15) is 4.39 Å². The van der Waals surface area contributed by atoms with Crippen LogP contribution in [0.2, 0.25) is 0 Å². The van der Waals surface area contributed by atoms with E-state index in [1.165, 1.54) is 18.1 Å². The van der Waals surface area contributed by atoms with Crippen LogP contribution >= 0.6 is 11.8 Å². The summed E-state index contributed by atoms with van der Waals surface area (Å²) in [4.78, 5) is 8.77. The fourth-order valence-corrected chi connectivity index (χ4v) is 2.33. The van der Waals surface area contributed by atoms with Crippen LogP contribution in [0.15, 0.2) is 40.5 Å². The van der Waals surface area contributed by atoms with Gasteiger partial charge in [0.05, 0.1) is 12.8 Å². The van der Waals surface area contributed by atoms with Crippen molar-refractivity contribution in [2.75, 3.05) is 7.11 Å². The van der Waals surface area contributed by atoms with E-state index < -0.39 is 0 Å². The molecule has 0 radical (unpaired) electrons. The molecule has 1 heterocycles. The highest BCUT2D eigenvalue weighted by Gasteiger charge is 2.11. The molecule has 1 aromatic heterocycles. The Morgan fingerprint density at radius 3 is 2.89 bits per heavy atom. The molecule has 0 saturated heterocycles. The fraction of sp³-hybridized carbons (Fsp3) is 0.231. The van der Waals surface area contributed by atoms with Gasteiger partial charge in [-0.15, -0.1) is 0 Å². The van der Waals surface area contributed by atoms with Crippen LogP contribution in [0.3, 0.4) is 0 Å². The summed E-state index contributed by atoms with van der Waals surface area (Å²) >= 11 is 1.27. The van der Waals surface area contributed by atoms with E-state index in [4.69, 9.17) is 4.74 Å². The SMILES string of the molecule is CCc1ncnc(Sc2cccc(OC)c2)c1F. The first-order chi connectivity index (χ1) is 8.74. The molecule has 2 rings (SSSR count). The molecule has 5 heteroatoms. The van der Waals surface area contributed by atoms with Crippen molar-refractivity contribution in [2.24, 2.45) is 0 Å². The number of aryl methyl sites for hydroxylation is 1. The summed E-state index contributed by atoms with van der Waals surface area (Å²) in [5, 5.41) is 0.343.